The van der Waals surface area contributed by atoms with Gasteiger partial charge in [0, 0.05) is 11.1 Å². The number of aliphatic hydroxyl groups is 1. The molecular weight excluding hydrogens is 235 g/mol. The van der Waals surface area contributed by atoms with Gasteiger partial charge < -0.3 is 9.84 Å². The van der Waals surface area contributed by atoms with Crippen molar-refractivity contribution in [1.82, 2.24) is 0 Å². The summed E-state index contributed by atoms with van der Waals surface area (Å²) in [6.07, 6.45) is 0. The molecule has 0 unspecified atom stereocenters. The van der Waals surface area contributed by atoms with Gasteiger partial charge in [0.25, 0.3) is 0 Å². The zero-order chi connectivity index (χ0) is 11.3. The summed E-state index contributed by atoms with van der Waals surface area (Å²) in [7, 11) is 0. The fourth-order valence-electron chi connectivity index (χ4n) is 1.15. The molecule has 0 aliphatic heterocycles. The number of halogens is 2. The van der Waals surface area contributed by atoms with Crippen LogP contribution in [0.1, 0.15) is 11.1 Å². The van der Waals surface area contributed by atoms with E-state index in [1.807, 2.05) is 19.1 Å². The molecule has 0 fully saturated rings. The van der Waals surface area contributed by atoms with Crippen LogP contribution in [0.3, 0.4) is 0 Å². The van der Waals surface area contributed by atoms with Crippen LogP contribution in [-0.2, 0) is 6.61 Å². The molecule has 0 atom stereocenters. The zero-order valence-electron chi connectivity index (χ0n) is 8.34. The van der Waals surface area contributed by atoms with Crippen molar-refractivity contribution in [1.29, 1.82) is 0 Å². The first kappa shape index (κ1) is 12.4. The maximum atomic E-state index is 9.11. The first-order chi connectivity index (χ1) is 7.17. The summed E-state index contributed by atoms with van der Waals surface area (Å²) in [6.45, 7) is 2.11. The Morgan fingerprint density at radius 2 is 2.27 bits per heavy atom. The van der Waals surface area contributed by atoms with E-state index in [0.717, 1.165) is 11.1 Å². The smallest absolute Gasteiger partial charge is 0.125 e. The highest BCUT2D eigenvalue weighted by molar-refractivity contribution is 6.36. The van der Waals surface area contributed by atoms with Gasteiger partial charge >= 0.3 is 0 Å². The molecular formula is C11H12Cl2O2. The highest BCUT2D eigenvalue weighted by Gasteiger charge is 2.03. The quantitative estimate of drug-likeness (QED) is 0.885. The number of hydrogen-bond donors (Lipinski definition) is 1. The molecule has 0 saturated carbocycles. The van der Waals surface area contributed by atoms with E-state index in [-0.39, 0.29) is 13.2 Å². The summed E-state index contributed by atoms with van der Waals surface area (Å²) in [6, 6.07) is 5.58. The van der Waals surface area contributed by atoms with E-state index in [0.29, 0.717) is 10.8 Å². The Bertz CT molecular complexity index is 362. The molecule has 0 amide bonds. The van der Waals surface area contributed by atoms with Gasteiger partial charge in [0.1, 0.15) is 12.4 Å². The van der Waals surface area contributed by atoms with Crippen molar-refractivity contribution in [3.63, 3.8) is 0 Å². The highest BCUT2D eigenvalue weighted by atomic mass is 35.5. The maximum Gasteiger partial charge on any atom is 0.125 e. The van der Waals surface area contributed by atoms with Gasteiger partial charge in [-0.3, -0.25) is 0 Å². The molecule has 1 aromatic carbocycles. The molecule has 4 heteroatoms. The summed E-state index contributed by atoms with van der Waals surface area (Å²) in [5, 5.41) is 9.53. The Morgan fingerprint density at radius 3 is 2.87 bits per heavy atom. The van der Waals surface area contributed by atoms with Crippen molar-refractivity contribution in [2.24, 2.45) is 0 Å². The first-order valence-corrected chi connectivity index (χ1v) is 5.26. The third-order valence-corrected chi connectivity index (χ3v) is 2.46. The maximum absolute atomic E-state index is 9.11. The van der Waals surface area contributed by atoms with Crippen LogP contribution in [0.4, 0.5) is 0 Å². The Kier molecular flexibility index (Phi) is 4.95. The molecule has 0 aromatic heterocycles. The minimum absolute atomic E-state index is 0.0563. The fourth-order valence-corrected chi connectivity index (χ4v) is 1.27. The van der Waals surface area contributed by atoms with Gasteiger partial charge in [-0.05, 0) is 13.0 Å². The number of aryl methyl sites for hydroxylation is 1. The first-order valence-electron chi connectivity index (χ1n) is 4.45. The number of ether oxygens (including phenoxy) is 1. The second-order valence-electron chi connectivity index (χ2n) is 3.11. The summed E-state index contributed by atoms with van der Waals surface area (Å²) < 4.78 is 5.39. The minimum atomic E-state index is -0.0563. The van der Waals surface area contributed by atoms with Gasteiger partial charge in [-0.2, -0.15) is 0 Å². The number of rotatable bonds is 4. The van der Waals surface area contributed by atoms with Crippen molar-refractivity contribution in [3.05, 3.63) is 39.9 Å². The lowest BCUT2D eigenvalue weighted by Crippen LogP contribution is -2.00. The molecule has 0 heterocycles. The number of benzene rings is 1. The normalized spacial score (nSPS) is 11.6. The van der Waals surface area contributed by atoms with Crippen molar-refractivity contribution in [2.45, 2.75) is 13.5 Å². The van der Waals surface area contributed by atoms with Crippen molar-refractivity contribution >= 4 is 23.2 Å². The molecule has 2 nitrogen and oxygen atoms in total. The van der Waals surface area contributed by atoms with Crippen LogP contribution in [0.25, 0.3) is 0 Å². The molecule has 82 valence electrons. The molecule has 0 radical (unpaired) electrons. The Balaban J connectivity index is 2.76. The van der Waals surface area contributed by atoms with E-state index in [1.54, 1.807) is 6.07 Å². The summed E-state index contributed by atoms with van der Waals surface area (Å²) in [5.41, 5.74) is 3.08. The van der Waals surface area contributed by atoms with Crippen LogP contribution in [0.15, 0.2) is 28.8 Å². The minimum Gasteiger partial charge on any atom is -0.488 e. The molecule has 0 bridgehead atoms. The average molecular weight is 247 g/mol. The molecule has 0 aliphatic carbocycles. The Morgan fingerprint density at radius 1 is 1.53 bits per heavy atom. The van der Waals surface area contributed by atoms with Gasteiger partial charge in [0.2, 0.25) is 0 Å². The van der Waals surface area contributed by atoms with Crippen molar-refractivity contribution in [2.75, 3.05) is 6.61 Å². The molecule has 0 saturated heterocycles. The summed E-state index contributed by atoms with van der Waals surface area (Å²) >= 11 is 11.1. The fraction of sp³-hybridized carbons (Fsp3) is 0.273. The lowest BCUT2D eigenvalue weighted by molar-refractivity contribution is 0.269. The molecule has 15 heavy (non-hydrogen) atoms. The monoisotopic (exact) mass is 246 g/mol. The van der Waals surface area contributed by atoms with E-state index in [9.17, 15) is 0 Å². The average Bonchev–Trinajstić information content (AvgIpc) is 2.26. The van der Waals surface area contributed by atoms with Crippen LogP contribution >= 0.6 is 23.2 Å². The van der Waals surface area contributed by atoms with Crippen molar-refractivity contribution < 1.29 is 9.84 Å². The largest absolute Gasteiger partial charge is 0.488 e. The van der Waals surface area contributed by atoms with Gasteiger partial charge in [-0.15, -0.1) is 0 Å². The van der Waals surface area contributed by atoms with Crippen LogP contribution in [-0.4, -0.2) is 11.7 Å². The molecule has 1 rings (SSSR count). The van der Waals surface area contributed by atoms with E-state index < -0.39 is 0 Å². The summed E-state index contributed by atoms with van der Waals surface area (Å²) in [4.78, 5) is 0. The predicted molar refractivity (Wildman–Crippen MR) is 62.4 cm³/mol. The van der Waals surface area contributed by atoms with Crippen LogP contribution in [0.2, 0.25) is 0 Å². The SMILES string of the molecule is Cc1ccc(OCC(Cl)=CCl)c(CO)c1. The molecule has 0 spiro atoms. The number of aliphatic hydroxyl groups excluding tert-OH is 1. The number of hydrogen-bond acceptors (Lipinski definition) is 2. The molecule has 1 aromatic rings. The standard InChI is InChI=1S/C11H12Cl2O2/c1-8-2-3-11(9(4-8)6-14)15-7-10(13)5-12/h2-5,14H,6-7H2,1H3. The summed E-state index contributed by atoms with van der Waals surface area (Å²) in [5.74, 6) is 0.625. The third kappa shape index (κ3) is 3.74. The molecule has 0 aliphatic rings. The van der Waals surface area contributed by atoms with Gasteiger partial charge in [0.05, 0.1) is 11.6 Å². The molecule has 1 N–H and O–H groups in total. The van der Waals surface area contributed by atoms with Crippen LogP contribution in [0, 0.1) is 6.92 Å². The van der Waals surface area contributed by atoms with E-state index in [2.05, 4.69) is 0 Å². The second-order valence-corrected chi connectivity index (χ2v) is 3.82. The van der Waals surface area contributed by atoms with Crippen LogP contribution < -0.4 is 4.74 Å². The van der Waals surface area contributed by atoms with Gasteiger partial charge in [-0.1, -0.05) is 40.9 Å². The third-order valence-electron chi connectivity index (χ3n) is 1.87. The predicted octanol–water partition coefficient (Wildman–Crippen LogP) is 3.19. The van der Waals surface area contributed by atoms with Crippen LogP contribution in [0.5, 0.6) is 5.75 Å². The lowest BCUT2D eigenvalue weighted by Gasteiger charge is -2.09. The van der Waals surface area contributed by atoms with Crippen molar-refractivity contribution in [3.8, 4) is 5.75 Å². The van der Waals surface area contributed by atoms with E-state index >= 15 is 0 Å². The van der Waals surface area contributed by atoms with Gasteiger partial charge in [-0.25, -0.2) is 0 Å². The van der Waals surface area contributed by atoms with Gasteiger partial charge in [0.15, 0.2) is 0 Å². The Hall–Kier alpha value is -0.700. The van der Waals surface area contributed by atoms with E-state index in [1.165, 1.54) is 5.54 Å². The van der Waals surface area contributed by atoms with E-state index in [4.69, 9.17) is 33.0 Å². The second kappa shape index (κ2) is 6.01. The lowest BCUT2D eigenvalue weighted by atomic mass is 10.1. The highest BCUT2D eigenvalue weighted by Crippen LogP contribution is 2.21. The Labute approximate surface area is 99.1 Å². The topological polar surface area (TPSA) is 29.5 Å². The zero-order valence-corrected chi connectivity index (χ0v) is 9.85.